The molecule has 2 nitrogen and oxygen atoms in total. The Hall–Kier alpha value is -1.09. The van der Waals surface area contributed by atoms with Crippen LogP contribution in [0.5, 0.6) is 0 Å². The molecule has 1 aromatic heterocycles. The maximum atomic E-state index is 10.5. The van der Waals surface area contributed by atoms with Gasteiger partial charge in [0, 0.05) is 13.1 Å². The minimum absolute atomic E-state index is 0.812. The number of rotatable bonds is 2. The summed E-state index contributed by atoms with van der Waals surface area (Å²) in [6.07, 6.45) is 4.31. The van der Waals surface area contributed by atoms with Crippen LogP contribution < -0.4 is 4.90 Å². The van der Waals surface area contributed by atoms with Crippen molar-refractivity contribution in [2.45, 2.75) is 13.3 Å². The maximum Gasteiger partial charge on any atom is 0.160 e. The molecule has 14 heavy (non-hydrogen) atoms. The summed E-state index contributed by atoms with van der Waals surface area (Å²) in [6, 6.07) is 3.92. The van der Waals surface area contributed by atoms with Crippen LogP contribution >= 0.6 is 11.3 Å². The van der Waals surface area contributed by atoms with Gasteiger partial charge in [-0.25, -0.2) is 0 Å². The predicted molar refractivity (Wildman–Crippen MR) is 60.3 cm³/mol. The Morgan fingerprint density at radius 3 is 3.00 bits per heavy atom. The van der Waals surface area contributed by atoms with E-state index in [1.807, 2.05) is 12.1 Å². The van der Waals surface area contributed by atoms with Gasteiger partial charge < -0.3 is 4.90 Å². The van der Waals surface area contributed by atoms with Gasteiger partial charge in [-0.15, -0.1) is 11.3 Å². The fourth-order valence-corrected chi connectivity index (χ4v) is 2.52. The lowest BCUT2D eigenvalue weighted by atomic mass is 10.1. The van der Waals surface area contributed by atoms with Crippen molar-refractivity contribution < 1.29 is 4.79 Å². The molecule has 0 unspecified atom stereocenters. The van der Waals surface area contributed by atoms with Crippen molar-refractivity contribution in [2.24, 2.45) is 0 Å². The highest BCUT2D eigenvalue weighted by Crippen LogP contribution is 2.27. The number of anilines is 1. The second kappa shape index (κ2) is 3.96. The molecule has 0 atom stereocenters. The molecule has 0 fully saturated rings. The standard InChI is InChI=1S/C11H13NOS/c1-9-3-2-6-12(7-9)11-5-4-10(8-13)14-11/h3-5,8H,2,6-7H2,1H3. The molecule has 1 aromatic rings. The van der Waals surface area contributed by atoms with E-state index in [0.29, 0.717) is 0 Å². The van der Waals surface area contributed by atoms with E-state index in [4.69, 9.17) is 0 Å². The first-order chi connectivity index (χ1) is 6.79. The Labute approximate surface area is 87.9 Å². The third-order valence-corrected chi connectivity index (χ3v) is 3.44. The van der Waals surface area contributed by atoms with Crippen molar-refractivity contribution in [2.75, 3.05) is 18.0 Å². The number of nitrogens with zero attached hydrogens (tertiary/aromatic N) is 1. The Morgan fingerprint density at radius 1 is 1.50 bits per heavy atom. The quantitative estimate of drug-likeness (QED) is 0.549. The van der Waals surface area contributed by atoms with Crippen LogP contribution in [0.15, 0.2) is 23.8 Å². The Bertz CT molecular complexity index is 367. The van der Waals surface area contributed by atoms with E-state index in [-0.39, 0.29) is 0 Å². The lowest BCUT2D eigenvalue weighted by Crippen LogP contribution is -2.28. The van der Waals surface area contributed by atoms with Crippen LogP contribution in [0, 0.1) is 0 Å². The summed E-state index contributed by atoms with van der Waals surface area (Å²) < 4.78 is 0. The van der Waals surface area contributed by atoms with Crippen molar-refractivity contribution in [3.05, 3.63) is 28.7 Å². The van der Waals surface area contributed by atoms with Crippen LogP contribution in [0.4, 0.5) is 5.00 Å². The molecule has 2 heterocycles. The zero-order valence-corrected chi connectivity index (χ0v) is 9.01. The highest BCUT2D eigenvalue weighted by atomic mass is 32.1. The molecule has 0 bridgehead atoms. The summed E-state index contributed by atoms with van der Waals surface area (Å²) >= 11 is 1.57. The van der Waals surface area contributed by atoms with Gasteiger partial charge in [0.25, 0.3) is 0 Å². The minimum atomic E-state index is 0.812. The minimum Gasteiger partial charge on any atom is -0.359 e. The van der Waals surface area contributed by atoms with Crippen molar-refractivity contribution in [3.8, 4) is 0 Å². The summed E-state index contributed by atoms with van der Waals surface area (Å²) in [4.78, 5) is 13.7. The van der Waals surface area contributed by atoms with Gasteiger partial charge in [-0.1, -0.05) is 11.6 Å². The average molecular weight is 207 g/mol. The first-order valence-corrected chi connectivity index (χ1v) is 5.57. The van der Waals surface area contributed by atoms with Crippen LogP contribution in [0.3, 0.4) is 0 Å². The van der Waals surface area contributed by atoms with Crippen molar-refractivity contribution in [3.63, 3.8) is 0 Å². The van der Waals surface area contributed by atoms with E-state index in [2.05, 4.69) is 17.9 Å². The topological polar surface area (TPSA) is 20.3 Å². The molecule has 0 spiro atoms. The third-order valence-electron chi connectivity index (χ3n) is 2.37. The molecule has 1 aliphatic rings. The molecular weight excluding hydrogens is 194 g/mol. The van der Waals surface area contributed by atoms with Crippen LogP contribution in [0.1, 0.15) is 23.0 Å². The lowest BCUT2D eigenvalue weighted by molar-refractivity contribution is 0.112. The van der Waals surface area contributed by atoms with Gasteiger partial charge in [0.15, 0.2) is 6.29 Å². The first kappa shape index (κ1) is 9.46. The van der Waals surface area contributed by atoms with Gasteiger partial charge >= 0.3 is 0 Å². The molecule has 0 saturated heterocycles. The van der Waals surface area contributed by atoms with E-state index in [1.54, 1.807) is 11.3 Å². The molecular formula is C11H13NOS. The number of carbonyl (C=O) groups is 1. The highest BCUT2D eigenvalue weighted by molar-refractivity contribution is 7.17. The number of hydrogen-bond donors (Lipinski definition) is 0. The molecule has 0 aromatic carbocycles. The number of aldehydes is 1. The fourth-order valence-electron chi connectivity index (χ4n) is 1.68. The lowest BCUT2D eigenvalue weighted by Gasteiger charge is -2.26. The van der Waals surface area contributed by atoms with E-state index >= 15 is 0 Å². The van der Waals surface area contributed by atoms with E-state index < -0.39 is 0 Å². The normalized spacial score (nSPS) is 16.6. The molecule has 3 heteroatoms. The summed E-state index contributed by atoms with van der Waals surface area (Å²) in [5.74, 6) is 0. The van der Waals surface area contributed by atoms with Gasteiger partial charge in [0.2, 0.25) is 0 Å². The SMILES string of the molecule is CC1=CCCN(c2ccc(C=O)s2)C1. The zero-order valence-electron chi connectivity index (χ0n) is 8.19. The smallest absolute Gasteiger partial charge is 0.160 e. The van der Waals surface area contributed by atoms with Crippen LogP contribution in [-0.4, -0.2) is 19.4 Å². The molecule has 0 saturated carbocycles. The van der Waals surface area contributed by atoms with Crippen LogP contribution in [-0.2, 0) is 0 Å². The van der Waals surface area contributed by atoms with Gasteiger partial charge in [-0.2, -0.15) is 0 Å². The third kappa shape index (κ3) is 1.87. The summed E-state index contributed by atoms with van der Waals surface area (Å²) in [5.41, 5.74) is 1.41. The summed E-state index contributed by atoms with van der Waals surface area (Å²) in [5, 5.41) is 1.21. The number of hydrogen-bond acceptors (Lipinski definition) is 3. The van der Waals surface area contributed by atoms with E-state index in [0.717, 1.165) is 30.7 Å². The van der Waals surface area contributed by atoms with Gasteiger partial charge in [-0.05, 0) is 25.5 Å². The first-order valence-electron chi connectivity index (χ1n) is 4.75. The Kier molecular flexibility index (Phi) is 2.68. The van der Waals surface area contributed by atoms with Crippen molar-refractivity contribution in [1.82, 2.24) is 0 Å². The van der Waals surface area contributed by atoms with Gasteiger partial charge in [0.05, 0.1) is 9.88 Å². The molecule has 74 valence electrons. The van der Waals surface area contributed by atoms with Crippen LogP contribution in [0.2, 0.25) is 0 Å². The molecule has 0 radical (unpaired) electrons. The zero-order chi connectivity index (χ0) is 9.97. The van der Waals surface area contributed by atoms with E-state index in [9.17, 15) is 4.79 Å². The summed E-state index contributed by atoms with van der Waals surface area (Å²) in [7, 11) is 0. The number of thiophene rings is 1. The maximum absolute atomic E-state index is 10.5. The largest absolute Gasteiger partial charge is 0.359 e. The van der Waals surface area contributed by atoms with Crippen LogP contribution in [0.25, 0.3) is 0 Å². The fraction of sp³-hybridized carbons (Fsp3) is 0.364. The van der Waals surface area contributed by atoms with Crippen molar-refractivity contribution in [1.29, 1.82) is 0 Å². The van der Waals surface area contributed by atoms with E-state index in [1.165, 1.54) is 10.6 Å². The molecule has 0 amide bonds. The molecule has 0 N–H and O–H groups in total. The molecule has 2 rings (SSSR count). The molecule has 0 aliphatic carbocycles. The van der Waals surface area contributed by atoms with Gasteiger partial charge in [0.1, 0.15) is 0 Å². The van der Waals surface area contributed by atoms with Gasteiger partial charge in [-0.3, -0.25) is 4.79 Å². The second-order valence-corrected chi connectivity index (χ2v) is 4.65. The Balaban J connectivity index is 2.15. The average Bonchev–Trinajstić information content (AvgIpc) is 2.66. The monoisotopic (exact) mass is 207 g/mol. The Morgan fingerprint density at radius 2 is 2.36 bits per heavy atom. The molecule has 1 aliphatic heterocycles. The highest BCUT2D eigenvalue weighted by Gasteiger charge is 2.12. The second-order valence-electron chi connectivity index (χ2n) is 3.55. The summed E-state index contributed by atoms with van der Waals surface area (Å²) in [6.45, 7) is 4.22. The predicted octanol–water partition coefficient (Wildman–Crippen LogP) is 2.72. The van der Waals surface area contributed by atoms with Crippen molar-refractivity contribution >= 4 is 22.6 Å². The number of carbonyl (C=O) groups excluding carboxylic acids is 1.